The zero-order chi connectivity index (χ0) is 9.19. The maximum atomic E-state index is 8.85. The average molecular weight is 175 g/mol. The third kappa shape index (κ3) is 1.94. The molecule has 5 heteroatoms. The summed E-state index contributed by atoms with van der Waals surface area (Å²) >= 11 is 0. The van der Waals surface area contributed by atoms with E-state index in [1.165, 1.54) is 6.21 Å². The third-order valence-electron chi connectivity index (χ3n) is 1.62. The van der Waals surface area contributed by atoms with E-state index in [1.807, 2.05) is 0 Å². The van der Waals surface area contributed by atoms with E-state index >= 15 is 0 Å². The molecule has 0 bridgehead atoms. The van der Waals surface area contributed by atoms with Crippen LogP contribution in [0.5, 0.6) is 0 Å². The third-order valence-corrected chi connectivity index (χ3v) is 1.62. The summed E-state index contributed by atoms with van der Waals surface area (Å²) in [5.74, 6) is -0.723. The molecule has 2 atom stereocenters. The summed E-state index contributed by atoms with van der Waals surface area (Å²) in [5, 5.41) is 19.9. The van der Waals surface area contributed by atoms with E-state index in [2.05, 4.69) is 5.16 Å². The molecule has 1 saturated heterocycles. The number of nitrogens with zero attached hydrogens (tertiary/aromatic N) is 1. The van der Waals surface area contributed by atoms with Gasteiger partial charge in [-0.3, -0.25) is 0 Å². The first-order chi connectivity index (χ1) is 5.59. The van der Waals surface area contributed by atoms with Crippen molar-refractivity contribution in [3.05, 3.63) is 0 Å². The Balaban J connectivity index is 2.63. The predicted octanol–water partition coefficient (Wildman–Crippen LogP) is -0.0412. The van der Waals surface area contributed by atoms with Gasteiger partial charge in [0.1, 0.15) is 12.2 Å². The summed E-state index contributed by atoms with van der Waals surface area (Å²) in [5.41, 5.74) is 0. The van der Waals surface area contributed by atoms with E-state index in [-0.39, 0.29) is 6.61 Å². The van der Waals surface area contributed by atoms with Crippen molar-refractivity contribution >= 4 is 6.21 Å². The second kappa shape index (κ2) is 3.38. The Morgan fingerprint density at radius 2 is 2.17 bits per heavy atom. The van der Waals surface area contributed by atoms with E-state index in [1.54, 1.807) is 13.8 Å². The number of ether oxygens (including phenoxy) is 2. The lowest BCUT2D eigenvalue weighted by Gasteiger charge is -2.15. The molecule has 1 aliphatic heterocycles. The van der Waals surface area contributed by atoms with Gasteiger partial charge in [0, 0.05) is 0 Å². The van der Waals surface area contributed by atoms with Crippen molar-refractivity contribution in [2.24, 2.45) is 5.16 Å². The van der Waals surface area contributed by atoms with Crippen LogP contribution in [0.25, 0.3) is 0 Å². The van der Waals surface area contributed by atoms with Gasteiger partial charge < -0.3 is 19.8 Å². The quantitative estimate of drug-likeness (QED) is 0.351. The zero-order valence-corrected chi connectivity index (χ0v) is 7.10. The Kier molecular flexibility index (Phi) is 2.66. The summed E-state index contributed by atoms with van der Waals surface area (Å²) < 4.78 is 10.6. The molecule has 1 rings (SSSR count). The van der Waals surface area contributed by atoms with Crippen molar-refractivity contribution in [2.45, 2.75) is 31.8 Å². The van der Waals surface area contributed by atoms with E-state index in [0.717, 1.165) is 0 Å². The lowest BCUT2D eigenvalue weighted by Crippen LogP contribution is -2.27. The molecule has 0 saturated carbocycles. The molecule has 1 aliphatic rings. The minimum absolute atomic E-state index is 0.153. The summed E-state index contributed by atoms with van der Waals surface area (Å²) in [7, 11) is 0. The van der Waals surface area contributed by atoms with Gasteiger partial charge in [-0.05, 0) is 13.8 Å². The van der Waals surface area contributed by atoms with Crippen LogP contribution >= 0.6 is 0 Å². The molecule has 0 aliphatic carbocycles. The molecule has 0 aromatic carbocycles. The van der Waals surface area contributed by atoms with E-state index in [4.69, 9.17) is 19.8 Å². The maximum absolute atomic E-state index is 8.85. The highest BCUT2D eigenvalue weighted by Crippen LogP contribution is 2.26. The molecule has 0 aromatic heterocycles. The topological polar surface area (TPSA) is 71.3 Å². The van der Waals surface area contributed by atoms with E-state index < -0.39 is 18.0 Å². The Bertz CT molecular complexity index is 180. The first kappa shape index (κ1) is 9.44. The molecule has 1 heterocycles. The van der Waals surface area contributed by atoms with Crippen LogP contribution in [0, 0.1) is 0 Å². The van der Waals surface area contributed by atoms with Crippen molar-refractivity contribution in [2.75, 3.05) is 6.61 Å². The van der Waals surface area contributed by atoms with Gasteiger partial charge in [0.05, 0.1) is 12.8 Å². The fourth-order valence-electron chi connectivity index (χ4n) is 1.20. The maximum Gasteiger partial charge on any atom is 0.164 e. The normalized spacial score (nSPS) is 34.6. The van der Waals surface area contributed by atoms with E-state index in [0.29, 0.717) is 0 Å². The van der Waals surface area contributed by atoms with Crippen LogP contribution in [0.3, 0.4) is 0 Å². The zero-order valence-electron chi connectivity index (χ0n) is 7.10. The van der Waals surface area contributed by atoms with Crippen LogP contribution in [0.1, 0.15) is 13.8 Å². The second-order valence-corrected chi connectivity index (χ2v) is 3.09. The van der Waals surface area contributed by atoms with Gasteiger partial charge in [0.25, 0.3) is 0 Å². The van der Waals surface area contributed by atoms with Crippen LogP contribution in [0.2, 0.25) is 0 Å². The fourth-order valence-corrected chi connectivity index (χ4v) is 1.20. The average Bonchev–Trinajstić information content (AvgIpc) is 2.26. The second-order valence-electron chi connectivity index (χ2n) is 3.09. The van der Waals surface area contributed by atoms with E-state index in [9.17, 15) is 0 Å². The van der Waals surface area contributed by atoms with Crippen LogP contribution in [-0.4, -0.2) is 41.1 Å². The summed E-state index contributed by atoms with van der Waals surface area (Å²) in [4.78, 5) is 0. The Labute approximate surface area is 70.6 Å². The molecule has 0 amide bonds. The van der Waals surface area contributed by atoms with Gasteiger partial charge >= 0.3 is 0 Å². The number of hydrogen-bond acceptors (Lipinski definition) is 5. The van der Waals surface area contributed by atoms with Gasteiger partial charge in [0.2, 0.25) is 0 Å². The molecule has 2 N–H and O–H groups in total. The van der Waals surface area contributed by atoms with Gasteiger partial charge in [-0.1, -0.05) is 5.16 Å². The molecule has 12 heavy (non-hydrogen) atoms. The number of rotatable bonds is 2. The number of aliphatic hydroxyl groups is 1. The molecule has 1 fully saturated rings. The number of hydrogen-bond donors (Lipinski definition) is 2. The molecule has 5 nitrogen and oxygen atoms in total. The first-order valence-electron chi connectivity index (χ1n) is 3.73. The lowest BCUT2D eigenvalue weighted by atomic mass is 10.2. The molecule has 70 valence electrons. The Morgan fingerprint density at radius 3 is 2.67 bits per heavy atom. The van der Waals surface area contributed by atoms with Crippen molar-refractivity contribution in [3.8, 4) is 0 Å². The van der Waals surface area contributed by atoms with Crippen LogP contribution in [0.15, 0.2) is 5.16 Å². The summed E-state index contributed by atoms with van der Waals surface area (Å²) in [6.45, 7) is 3.32. The van der Waals surface area contributed by atoms with Crippen molar-refractivity contribution in [1.29, 1.82) is 0 Å². The molecule has 0 radical (unpaired) electrons. The molecule has 2 unspecified atom stereocenters. The summed E-state index contributed by atoms with van der Waals surface area (Å²) in [6, 6.07) is 0. The number of aliphatic hydroxyl groups excluding tert-OH is 1. The summed E-state index contributed by atoms with van der Waals surface area (Å²) in [6.07, 6.45) is 0.279. The van der Waals surface area contributed by atoms with Crippen molar-refractivity contribution in [1.82, 2.24) is 0 Å². The SMILES string of the molecule is CC1(C)OC(/C=N/O)C(CO)O1. The smallest absolute Gasteiger partial charge is 0.164 e. The highest BCUT2D eigenvalue weighted by Gasteiger charge is 2.40. The first-order valence-corrected chi connectivity index (χ1v) is 3.73. The molecular weight excluding hydrogens is 162 g/mol. The number of oxime groups is 1. The highest BCUT2D eigenvalue weighted by atomic mass is 16.8. The van der Waals surface area contributed by atoms with Gasteiger partial charge in [-0.25, -0.2) is 0 Å². The standard InChI is InChI=1S/C7H13NO4/c1-7(2)11-5(3-8-10)6(4-9)12-7/h3,5-6,9-10H,4H2,1-2H3/b8-3+. The Morgan fingerprint density at radius 1 is 1.50 bits per heavy atom. The van der Waals surface area contributed by atoms with Crippen molar-refractivity contribution in [3.63, 3.8) is 0 Å². The minimum Gasteiger partial charge on any atom is -0.411 e. The molecular formula is C7H13NO4. The Hall–Kier alpha value is -0.650. The fraction of sp³-hybridized carbons (Fsp3) is 0.857. The largest absolute Gasteiger partial charge is 0.411 e. The predicted molar refractivity (Wildman–Crippen MR) is 41.2 cm³/mol. The monoisotopic (exact) mass is 175 g/mol. The van der Waals surface area contributed by atoms with Crippen LogP contribution in [0.4, 0.5) is 0 Å². The molecule has 0 aromatic rings. The van der Waals surface area contributed by atoms with Crippen LogP contribution in [-0.2, 0) is 9.47 Å². The van der Waals surface area contributed by atoms with Gasteiger partial charge in [-0.2, -0.15) is 0 Å². The molecule has 0 spiro atoms. The lowest BCUT2D eigenvalue weighted by molar-refractivity contribution is -0.145. The van der Waals surface area contributed by atoms with Crippen LogP contribution < -0.4 is 0 Å². The van der Waals surface area contributed by atoms with Crippen molar-refractivity contribution < 1.29 is 19.8 Å². The van der Waals surface area contributed by atoms with Gasteiger partial charge in [0.15, 0.2) is 5.79 Å². The van der Waals surface area contributed by atoms with Gasteiger partial charge in [-0.15, -0.1) is 0 Å². The highest BCUT2D eigenvalue weighted by molar-refractivity contribution is 5.63. The minimum atomic E-state index is -0.723.